The van der Waals surface area contributed by atoms with Crippen molar-refractivity contribution in [3.8, 4) is 5.75 Å². The van der Waals surface area contributed by atoms with E-state index in [-0.39, 0.29) is 12.7 Å². The van der Waals surface area contributed by atoms with Gasteiger partial charge < -0.3 is 29.5 Å². The first-order chi connectivity index (χ1) is 14.1. The molecule has 7 heteroatoms. The molecule has 0 radical (unpaired) electrons. The lowest BCUT2D eigenvalue weighted by Gasteiger charge is -2.40. The van der Waals surface area contributed by atoms with Crippen LogP contribution in [0.25, 0.3) is 0 Å². The Morgan fingerprint density at radius 1 is 1.03 bits per heavy atom. The number of hydrogen-bond donors (Lipinski definition) is 3. The van der Waals surface area contributed by atoms with E-state index in [9.17, 15) is 15.3 Å². The highest BCUT2D eigenvalue weighted by Gasteiger charge is 2.44. The molecular formula is C23H35ClO6. The van der Waals surface area contributed by atoms with E-state index in [0.29, 0.717) is 27.7 Å². The summed E-state index contributed by atoms with van der Waals surface area (Å²) in [6, 6.07) is 5.22. The molecule has 1 aliphatic heterocycles. The maximum atomic E-state index is 10.5. The van der Waals surface area contributed by atoms with Crippen LogP contribution in [0.3, 0.4) is 0 Å². The van der Waals surface area contributed by atoms with Gasteiger partial charge in [-0.25, -0.2) is 0 Å². The maximum absolute atomic E-state index is 10.5. The van der Waals surface area contributed by atoms with Crippen LogP contribution in [0.1, 0.15) is 58.1 Å². The zero-order chi connectivity index (χ0) is 22.1. The first-order valence-electron chi connectivity index (χ1n) is 10.8. The fourth-order valence-electron chi connectivity index (χ4n) is 4.54. The molecule has 2 fully saturated rings. The SMILES string of the molecule is COC[C@H]1O[C@@H](c2ccc(Cl)c(OC3CCC(C(C)(C)C)CC3)c2)[C@H](O)C(O)[C@@H]1O. The minimum absolute atomic E-state index is 0.0993. The molecule has 170 valence electrons. The van der Waals surface area contributed by atoms with Gasteiger partial charge in [0, 0.05) is 7.11 Å². The van der Waals surface area contributed by atoms with Crippen molar-refractivity contribution in [3.05, 3.63) is 28.8 Å². The molecule has 30 heavy (non-hydrogen) atoms. The molecule has 1 aromatic carbocycles. The second-order valence-electron chi connectivity index (χ2n) is 9.67. The average molecular weight is 443 g/mol. The Kier molecular flexibility index (Phi) is 7.70. The first kappa shape index (κ1) is 23.8. The largest absolute Gasteiger partial charge is 0.489 e. The second kappa shape index (κ2) is 9.72. The van der Waals surface area contributed by atoms with Gasteiger partial charge >= 0.3 is 0 Å². The Morgan fingerprint density at radius 3 is 2.30 bits per heavy atom. The Morgan fingerprint density at radius 2 is 1.70 bits per heavy atom. The van der Waals surface area contributed by atoms with E-state index in [0.717, 1.165) is 25.7 Å². The van der Waals surface area contributed by atoms with Crippen molar-refractivity contribution < 1.29 is 29.5 Å². The van der Waals surface area contributed by atoms with Crippen molar-refractivity contribution in [1.82, 2.24) is 0 Å². The first-order valence-corrected chi connectivity index (χ1v) is 11.1. The van der Waals surface area contributed by atoms with E-state index in [2.05, 4.69) is 20.8 Å². The summed E-state index contributed by atoms with van der Waals surface area (Å²) in [5, 5.41) is 31.4. The van der Waals surface area contributed by atoms with Gasteiger partial charge in [-0.05, 0) is 54.7 Å². The van der Waals surface area contributed by atoms with E-state index >= 15 is 0 Å². The molecule has 0 bridgehead atoms. The number of methoxy groups -OCH3 is 1. The van der Waals surface area contributed by atoms with E-state index in [1.54, 1.807) is 18.2 Å². The summed E-state index contributed by atoms with van der Waals surface area (Å²) >= 11 is 6.38. The Labute approximate surface area is 184 Å². The van der Waals surface area contributed by atoms with Crippen LogP contribution in [-0.4, -0.2) is 59.6 Å². The fraction of sp³-hybridized carbons (Fsp3) is 0.739. The smallest absolute Gasteiger partial charge is 0.138 e. The molecule has 0 spiro atoms. The van der Waals surface area contributed by atoms with Crippen LogP contribution >= 0.6 is 11.6 Å². The number of hydrogen-bond acceptors (Lipinski definition) is 6. The van der Waals surface area contributed by atoms with Crippen LogP contribution in [0.5, 0.6) is 5.75 Å². The fourth-order valence-corrected chi connectivity index (χ4v) is 4.70. The van der Waals surface area contributed by atoms with E-state index in [1.165, 1.54) is 7.11 Å². The molecule has 0 aromatic heterocycles. The molecule has 3 N–H and O–H groups in total. The van der Waals surface area contributed by atoms with Crippen LogP contribution in [0.15, 0.2) is 18.2 Å². The predicted molar refractivity (Wildman–Crippen MR) is 115 cm³/mol. The summed E-state index contributed by atoms with van der Waals surface area (Å²) < 4.78 is 17.2. The maximum Gasteiger partial charge on any atom is 0.138 e. The van der Waals surface area contributed by atoms with Gasteiger partial charge in [0.05, 0.1) is 17.7 Å². The highest BCUT2D eigenvalue weighted by molar-refractivity contribution is 6.32. The molecule has 1 aliphatic carbocycles. The van der Waals surface area contributed by atoms with Crippen LogP contribution in [0.2, 0.25) is 5.02 Å². The van der Waals surface area contributed by atoms with Crippen molar-refractivity contribution in [2.45, 2.75) is 83.1 Å². The number of halogens is 1. The molecule has 2 aliphatic rings. The Bertz CT molecular complexity index is 697. The molecule has 3 rings (SSSR count). The van der Waals surface area contributed by atoms with Crippen molar-refractivity contribution in [3.63, 3.8) is 0 Å². The monoisotopic (exact) mass is 442 g/mol. The third-order valence-corrected chi connectivity index (χ3v) is 6.83. The van der Waals surface area contributed by atoms with Crippen molar-refractivity contribution in [2.24, 2.45) is 11.3 Å². The third kappa shape index (κ3) is 5.29. The third-order valence-electron chi connectivity index (χ3n) is 6.52. The molecule has 1 unspecified atom stereocenters. The molecule has 1 saturated carbocycles. The summed E-state index contributed by atoms with van der Waals surface area (Å²) in [4.78, 5) is 0. The van der Waals surface area contributed by atoms with E-state index in [4.69, 9.17) is 25.8 Å². The number of benzene rings is 1. The number of ether oxygens (including phenoxy) is 3. The quantitative estimate of drug-likeness (QED) is 0.646. The summed E-state index contributed by atoms with van der Waals surface area (Å²) in [5.74, 6) is 1.24. The van der Waals surface area contributed by atoms with Crippen LogP contribution < -0.4 is 4.74 Å². The van der Waals surface area contributed by atoms with Gasteiger partial charge in [-0.15, -0.1) is 0 Å². The Hall–Kier alpha value is -0.890. The highest BCUT2D eigenvalue weighted by Crippen LogP contribution is 2.41. The van der Waals surface area contributed by atoms with Crippen LogP contribution in [0.4, 0.5) is 0 Å². The zero-order valence-corrected chi connectivity index (χ0v) is 19.0. The number of rotatable bonds is 5. The number of aliphatic hydroxyl groups excluding tert-OH is 3. The van der Waals surface area contributed by atoms with Gasteiger partial charge in [-0.2, -0.15) is 0 Å². The normalized spacial score (nSPS) is 35.3. The van der Waals surface area contributed by atoms with E-state index < -0.39 is 30.5 Å². The molecular weight excluding hydrogens is 408 g/mol. The molecule has 5 atom stereocenters. The van der Waals surface area contributed by atoms with Gasteiger partial charge in [0.1, 0.15) is 36.3 Å². The topological polar surface area (TPSA) is 88.4 Å². The zero-order valence-electron chi connectivity index (χ0n) is 18.3. The van der Waals surface area contributed by atoms with Gasteiger partial charge in [-0.1, -0.05) is 38.4 Å². The highest BCUT2D eigenvalue weighted by atomic mass is 35.5. The molecule has 1 aromatic rings. The molecule has 0 amide bonds. The summed E-state index contributed by atoms with van der Waals surface area (Å²) in [7, 11) is 1.49. The lowest BCUT2D eigenvalue weighted by Crippen LogP contribution is -2.55. The van der Waals surface area contributed by atoms with Crippen LogP contribution in [0, 0.1) is 11.3 Å². The van der Waals surface area contributed by atoms with Crippen molar-refractivity contribution in [1.29, 1.82) is 0 Å². The average Bonchev–Trinajstić information content (AvgIpc) is 2.70. The summed E-state index contributed by atoms with van der Waals surface area (Å²) in [6.07, 6.45) is -1.10. The van der Waals surface area contributed by atoms with Gasteiger partial charge in [0.2, 0.25) is 0 Å². The van der Waals surface area contributed by atoms with Gasteiger partial charge in [-0.3, -0.25) is 0 Å². The Balaban J connectivity index is 1.72. The summed E-state index contributed by atoms with van der Waals surface area (Å²) in [6.45, 7) is 6.97. The minimum atomic E-state index is -1.34. The molecule has 1 saturated heterocycles. The molecule has 1 heterocycles. The predicted octanol–water partition coefficient (Wildman–Crippen LogP) is 3.49. The van der Waals surface area contributed by atoms with Crippen LogP contribution in [-0.2, 0) is 9.47 Å². The van der Waals surface area contributed by atoms with E-state index in [1.807, 2.05) is 0 Å². The lowest BCUT2D eigenvalue weighted by atomic mass is 9.72. The lowest BCUT2D eigenvalue weighted by molar-refractivity contribution is -0.233. The van der Waals surface area contributed by atoms with Crippen molar-refractivity contribution >= 4 is 11.6 Å². The number of aliphatic hydroxyl groups is 3. The van der Waals surface area contributed by atoms with Crippen molar-refractivity contribution in [2.75, 3.05) is 13.7 Å². The van der Waals surface area contributed by atoms with Gasteiger partial charge in [0.25, 0.3) is 0 Å². The second-order valence-corrected chi connectivity index (χ2v) is 10.1. The minimum Gasteiger partial charge on any atom is -0.489 e. The standard InChI is InChI=1S/C23H35ClO6/c1-23(2,3)14-6-8-15(9-7-14)29-17-11-13(5-10-16(17)24)22-21(27)20(26)19(25)18(30-22)12-28-4/h5,10-11,14-15,18-22,25-27H,6-9,12H2,1-4H3/t14?,15?,18-,19-,20?,21-,22+/m1/s1. The van der Waals surface area contributed by atoms with Gasteiger partial charge in [0.15, 0.2) is 0 Å². The molecule has 6 nitrogen and oxygen atoms in total. The summed E-state index contributed by atoms with van der Waals surface area (Å²) in [5.41, 5.74) is 0.943.